The first-order chi connectivity index (χ1) is 10.0. The van der Waals surface area contributed by atoms with Gasteiger partial charge in [-0.1, -0.05) is 12.1 Å². The number of benzene rings is 1. The monoisotopic (exact) mass is 312 g/mol. The van der Waals surface area contributed by atoms with E-state index < -0.39 is 16.3 Å². The lowest BCUT2D eigenvalue weighted by atomic mass is 10.2. The number of sulfonamides is 1. The Kier molecular flexibility index (Phi) is 7.32. The molecular weight excluding hydrogens is 292 g/mol. The molecule has 0 spiro atoms. The van der Waals surface area contributed by atoms with Gasteiger partial charge in [0.05, 0.1) is 23.9 Å². The van der Waals surface area contributed by atoms with E-state index in [1.54, 1.807) is 24.3 Å². The Hall–Kier alpha value is -1.46. The van der Waals surface area contributed by atoms with Gasteiger partial charge in [-0.15, -0.1) is 0 Å². The Morgan fingerprint density at radius 2 is 1.76 bits per heavy atom. The smallest absolute Gasteiger partial charge is 0.215 e. The maximum Gasteiger partial charge on any atom is 0.215 e. The topological polar surface area (TPSA) is 88.4 Å². The summed E-state index contributed by atoms with van der Waals surface area (Å²) in [6.45, 7) is 4.60. The van der Waals surface area contributed by atoms with Crippen molar-refractivity contribution in [3.05, 3.63) is 35.4 Å². The minimum absolute atomic E-state index is 0.0697. The zero-order valence-corrected chi connectivity index (χ0v) is 13.0. The molecule has 0 aliphatic carbocycles. The molecule has 1 N–H and O–H groups in total. The maximum atomic E-state index is 12.0. The number of rotatable bonds is 9. The van der Waals surface area contributed by atoms with Crippen molar-refractivity contribution in [1.82, 2.24) is 4.72 Å². The van der Waals surface area contributed by atoms with E-state index in [4.69, 9.17) is 14.7 Å². The molecule has 0 radical (unpaired) electrons. The van der Waals surface area contributed by atoms with E-state index in [1.807, 2.05) is 19.9 Å². The molecule has 0 bridgehead atoms. The second-order valence-electron chi connectivity index (χ2n) is 4.26. The van der Waals surface area contributed by atoms with Gasteiger partial charge in [0.25, 0.3) is 0 Å². The number of nitriles is 1. The van der Waals surface area contributed by atoms with Crippen LogP contribution in [-0.2, 0) is 25.2 Å². The van der Waals surface area contributed by atoms with Gasteiger partial charge in [0.2, 0.25) is 10.0 Å². The van der Waals surface area contributed by atoms with Gasteiger partial charge in [0, 0.05) is 13.2 Å². The first-order valence-electron chi connectivity index (χ1n) is 6.70. The number of nitrogens with zero attached hydrogens (tertiary/aromatic N) is 1. The van der Waals surface area contributed by atoms with Gasteiger partial charge >= 0.3 is 0 Å². The third-order valence-corrected chi connectivity index (χ3v) is 3.93. The molecule has 6 nitrogen and oxygen atoms in total. The van der Waals surface area contributed by atoms with Gasteiger partial charge in [-0.2, -0.15) is 5.26 Å². The zero-order valence-electron chi connectivity index (χ0n) is 12.2. The van der Waals surface area contributed by atoms with E-state index in [2.05, 4.69) is 4.72 Å². The van der Waals surface area contributed by atoms with Crippen LogP contribution in [0.4, 0.5) is 0 Å². The predicted molar refractivity (Wildman–Crippen MR) is 78.8 cm³/mol. The highest BCUT2D eigenvalue weighted by Gasteiger charge is 2.15. The van der Waals surface area contributed by atoms with E-state index in [0.717, 1.165) is 0 Å². The van der Waals surface area contributed by atoms with Gasteiger partial charge in [0.1, 0.15) is 0 Å². The van der Waals surface area contributed by atoms with Crippen LogP contribution in [0.3, 0.4) is 0 Å². The van der Waals surface area contributed by atoms with E-state index in [1.165, 1.54) is 0 Å². The SMILES string of the molecule is CCOC(CNS(=O)(=O)Cc1ccc(C#N)cc1)OCC. The van der Waals surface area contributed by atoms with Crippen molar-refractivity contribution >= 4 is 10.0 Å². The summed E-state index contributed by atoms with van der Waals surface area (Å²) >= 11 is 0. The third-order valence-electron chi connectivity index (χ3n) is 2.61. The average molecular weight is 312 g/mol. The van der Waals surface area contributed by atoms with Crippen molar-refractivity contribution < 1.29 is 17.9 Å². The number of ether oxygens (including phenoxy) is 2. The molecule has 21 heavy (non-hydrogen) atoms. The third kappa shape index (κ3) is 6.69. The summed E-state index contributed by atoms with van der Waals surface area (Å²) in [7, 11) is -3.48. The van der Waals surface area contributed by atoms with E-state index in [0.29, 0.717) is 24.3 Å². The number of hydrogen-bond donors (Lipinski definition) is 1. The van der Waals surface area contributed by atoms with Crippen LogP contribution >= 0.6 is 0 Å². The molecule has 116 valence electrons. The predicted octanol–water partition coefficient (Wildman–Crippen LogP) is 1.38. The second-order valence-corrected chi connectivity index (χ2v) is 6.06. The molecule has 0 heterocycles. The first-order valence-corrected chi connectivity index (χ1v) is 8.35. The molecule has 0 atom stereocenters. The Labute approximate surface area is 125 Å². The molecule has 0 amide bonds. The lowest BCUT2D eigenvalue weighted by molar-refractivity contribution is -0.130. The van der Waals surface area contributed by atoms with E-state index >= 15 is 0 Å². The molecule has 0 saturated heterocycles. The summed E-state index contributed by atoms with van der Waals surface area (Å²) in [5.41, 5.74) is 1.11. The maximum absolute atomic E-state index is 12.0. The van der Waals surface area contributed by atoms with Crippen molar-refractivity contribution in [2.45, 2.75) is 25.9 Å². The van der Waals surface area contributed by atoms with Gasteiger partial charge in [-0.05, 0) is 31.5 Å². The van der Waals surface area contributed by atoms with Crippen molar-refractivity contribution in [2.75, 3.05) is 19.8 Å². The summed E-state index contributed by atoms with van der Waals surface area (Å²) in [6.07, 6.45) is -0.587. The quantitative estimate of drug-likeness (QED) is 0.696. The number of nitrogens with one attached hydrogen (secondary N) is 1. The fourth-order valence-corrected chi connectivity index (χ4v) is 2.80. The summed E-state index contributed by atoms with van der Waals surface area (Å²) in [4.78, 5) is 0. The molecule has 0 unspecified atom stereocenters. The summed E-state index contributed by atoms with van der Waals surface area (Å²) in [5, 5.41) is 8.70. The van der Waals surface area contributed by atoms with Crippen molar-refractivity contribution in [2.24, 2.45) is 0 Å². The first kappa shape index (κ1) is 17.6. The highest BCUT2D eigenvalue weighted by atomic mass is 32.2. The molecule has 0 aromatic heterocycles. The lowest BCUT2D eigenvalue weighted by Crippen LogP contribution is -2.36. The van der Waals surface area contributed by atoms with Gasteiger partial charge in [0.15, 0.2) is 6.29 Å². The van der Waals surface area contributed by atoms with E-state index in [-0.39, 0.29) is 12.3 Å². The standard InChI is InChI=1S/C14H20N2O4S/c1-3-19-14(20-4-2)10-16-21(17,18)11-13-7-5-12(9-15)6-8-13/h5-8,14,16H,3-4,10-11H2,1-2H3. The van der Waals surface area contributed by atoms with Crippen LogP contribution in [0.15, 0.2) is 24.3 Å². The Bertz CT molecular complexity index is 558. The second kappa shape index (κ2) is 8.74. The van der Waals surface area contributed by atoms with Gasteiger partial charge < -0.3 is 9.47 Å². The molecule has 0 aliphatic heterocycles. The summed E-state index contributed by atoms with van der Waals surface area (Å²) in [6, 6.07) is 8.42. The van der Waals surface area contributed by atoms with Crippen LogP contribution < -0.4 is 4.72 Å². The van der Waals surface area contributed by atoms with Crippen LogP contribution in [0, 0.1) is 11.3 Å². The average Bonchev–Trinajstić information content (AvgIpc) is 2.46. The van der Waals surface area contributed by atoms with Crippen LogP contribution in [0.25, 0.3) is 0 Å². The highest BCUT2D eigenvalue weighted by molar-refractivity contribution is 7.88. The van der Waals surface area contributed by atoms with Gasteiger partial charge in [-0.3, -0.25) is 0 Å². The summed E-state index contributed by atoms with van der Waals surface area (Å²) in [5.74, 6) is -0.149. The highest BCUT2D eigenvalue weighted by Crippen LogP contribution is 2.07. The van der Waals surface area contributed by atoms with Gasteiger partial charge in [-0.25, -0.2) is 13.1 Å². The minimum atomic E-state index is -3.48. The van der Waals surface area contributed by atoms with Crippen molar-refractivity contribution in [1.29, 1.82) is 5.26 Å². The minimum Gasteiger partial charge on any atom is -0.352 e. The molecule has 1 aromatic carbocycles. The largest absolute Gasteiger partial charge is 0.352 e. The molecule has 1 aromatic rings. The molecule has 1 rings (SSSR count). The van der Waals surface area contributed by atoms with Crippen LogP contribution in [0.1, 0.15) is 25.0 Å². The Morgan fingerprint density at radius 3 is 2.24 bits per heavy atom. The number of hydrogen-bond acceptors (Lipinski definition) is 5. The lowest BCUT2D eigenvalue weighted by Gasteiger charge is -2.17. The molecular formula is C14H20N2O4S. The zero-order chi connectivity index (χ0) is 15.7. The Morgan fingerprint density at radius 1 is 1.19 bits per heavy atom. The summed E-state index contributed by atoms with van der Waals surface area (Å²) < 4.78 is 37.0. The molecule has 0 saturated carbocycles. The van der Waals surface area contributed by atoms with Crippen LogP contribution in [0.5, 0.6) is 0 Å². The normalized spacial score (nSPS) is 11.5. The van der Waals surface area contributed by atoms with Crippen LogP contribution in [0.2, 0.25) is 0 Å². The molecule has 0 fully saturated rings. The fraction of sp³-hybridized carbons (Fsp3) is 0.500. The molecule has 0 aliphatic rings. The Balaban J connectivity index is 2.58. The van der Waals surface area contributed by atoms with E-state index in [9.17, 15) is 8.42 Å². The van der Waals surface area contributed by atoms with Crippen LogP contribution in [-0.4, -0.2) is 34.5 Å². The fourth-order valence-electron chi connectivity index (χ4n) is 1.68. The van der Waals surface area contributed by atoms with Crippen molar-refractivity contribution in [3.63, 3.8) is 0 Å². The van der Waals surface area contributed by atoms with Crippen molar-refractivity contribution in [3.8, 4) is 6.07 Å². The molecule has 7 heteroatoms.